The number of hydrogen-bond acceptors (Lipinski definition) is 5. The average molecular weight is 242 g/mol. The molecule has 1 aromatic carbocycles. The van der Waals surface area contributed by atoms with E-state index >= 15 is 0 Å². The van der Waals surface area contributed by atoms with Gasteiger partial charge in [-0.15, -0.1) is 0 Å². The van der Waals surface area contributed by atoms with Gasteiger partial charge in [0.1, 0.15) is 24.2 Å². The van der Waals surface area contributed by atoms with Crippen LogP contribution in [0.3, 0.4) is 0 Å². The third-order valence-electron chi connectivity index (χ3n) is 2.31. The van der Waals surface area contributed by atoms with Crippen molar-refractivity contribution in [1.82, 2.24) is 0 Å². The highest BCUT2D eigenvalue weighted by atomic mass is 16.5. The van der Waals surface area contributed by atoms with Crippen molar-refractivity contribution in [3.63, 3.8) is 0 Å². The normalized spacial score (nSPS) is 14.2. The number of aliphatic hydroxyl groups excluding tert-OH is 3. The molecule has 1 unspecified atom stereocenters. The molecule has 5 nitrogen and oxygen atoms in total. The summed E-state index contributed by atoms with van der Waals surface area (Å²) in [6, 6.07) is 5.05. The van der Waals surface area contributed by atoms with Gasteiger partial charge in [0.25, 0.3) is 0 Å². The first-order valence-corrected chi connectivity index (χ1v) is 5.36. The highest BCUT2D eigenvalue weighted by Gasteiger charge is 2.12. The second kappa shape index (κ2) is 6.44. The minimum absolute atomic E-state index is 0.0383. The summed E-state index contributed by atoms with van der Waals surface area (Å²) in [5.41, 5.74) is 0.607. The van der Waals surface area contributed by atoms with E-state index in [1.54, 1.807) is 25.1 Å². The summed E-state index contributed by atoms with van der Waals surface area (Å²) in [4.78, 5) is 0. The van der Waals surface area contributed by atoms with Crippen molar-refractivity contribution in [3.05, 3.63) is 23.8 Å². The van der Waals surface area contributed by atoms with E-state index in [1.165, 1.54) is 7.11 Å². The molecule has 0 aliphatic rings. The molecular formula is C12H18O5. The first-order valence-electron chi connectivity index (χ1n) is 5.36. The van der Waals surface area contributed by atoms with Crippen LogP contribution >= 0.6 is 0 Å². The maximum Gasteiger partial charge on any atom is 0.128 e. The van der Waals surface area contributed by atoms with Crippen LogP contribution in [0.2, 0.25) is 0 Å². The van der Waals surface area contributed by atoms with Crippen molar-refractivity contribution in [1.29, 1.82) is 0 Å². The van der Waals surface area contributed by atoms with Crippen LogP contribution in [-0.2, 0) is 0 Å². The molecule has 0 aliphatic carbocycles. The highest BCUT2D eigenvalue weighted by molar-refractivity contribution is 5.41. The number of methoxy groups -OCH3 is 1. The topological polar surface area (TPSA) is 79.2 Å². The van der Waals surface area contributed by atoms with Gasteiger partial charge < -0.3 is 24.8 Å². The van der Waals surface area contributed by atoms with Crippen molar-refractivity contribution in [2.75, 3.05) is 20.3 Å². The van der Waals surface area contributed by atoms with E-state index in [-0.39, 0.29) is 13.2 Å². The molecule has 0 fully saturated rings. The van der Waals surface area contributed by atoms with E-state index in [1.807, 2.05) is 0 Å². The van der Waals surface area contributed by atoms with Crippen molar-refractivity contribution in [2.24, 2.45) is 0 Å². The SMILES string of the molecule is COc1ccc([C@H](C)O)c(OCC(O)CO)c1. The fraction of sp³-hybridized carbons (Fsp3) is 0.500. The molecule has 0 heterocycles. The molecule has 1 aromatic rings. The number of ether oxygens (including phenoxy) is 2. The lowest BCUT2D eigenvalue weighted by molar-refractivity contribution is 0.0522. The lowest BCUT2D eigenvalue weighted by Crippen LogP contribution is -2.21. The van der Waals surface area contributed by atoms with Gasteiger partial charge in [0.05, 0.1) is 19.8 Å². The zero-order valence-electron chi connectivity index (χ0n) is 9.96. The first-order chi connectivity index (χ1) is 8.08. The molecule has 5 heteroatoms. The van der Waals surface area contributed by atoms with Crippen molar-refractivity contribution >= 4 is 0 Å². The van der Waals surface area contributed by atoms with Crippen LogP contribution in [0.15, 0.2) is 18.2 Å². The highest BCUT2D eigenvalue weighted by Crippen LogP contribution is 2.29. The Bertz CT molecular complexity index is 351. The van der Waals surface area contributed by atoms with Crippen LogP contribution in [0, 0.1) is 0 Å². The molecule has 0 saturated carbocycles. The van der Waals surface area contributed by atoms with Crippen LogP contribution < -0.4 is 9.47 Å². The molecule has 2 atom stereocenters. The van der Waals surface area contributed by atoms with Crippen LogP contribution in [0.1, 0.15) is 18.6 Å². The lowest BCUT2D eigenvalue weighted by Gasteiger charge is -2.16. The molecule has 0 spiro atoms. The molecule has 0 radical (unpaired) electrons. The van der Waals surface area contributed by atoms with E-state index in [4.69, 9.17) is 14.6 Å². The van der Waals surface area contributed by atoms with Gasteiger partial charge in [0.2, 0.25) is 0 Å². The van der Waals surface area contributed by atoms with Gasteiger partial charge in [-0.3, -0.25) is 0 Å². The number of benzene rings is 1. The Morgan fingerprint density at radius 1 is 1.29 bits per heavy atom. The Balaban J connectivity index is 2.85. The zero-order valence-corrected chi connectivity index (χ0v) is 9.96. The smallest absolute Gasteiger partial charge is 0.128 e. The minimum Gasteiger partial charge on any atom is -0.497 e. The fourth-order valence-corrected chi connectivity index (χ4v) is 1.35. The monoisotopic (exact) mass is 242 g/mol. The zero-order chi connectivity index (χ0) is 12.8. The molecular weight excluding hydrogens is 224 g/mol. The Kier molecular flexibility index (Phi) is 5.21. The molecule has 1 rings (SSSR count). The van der Waals surface area contributed by atoms with Crippen LogP contribution in [-0.4, -0.2) is 41.7 Å². The largest absolute Gasteiger partial charge is 0.497 e. The van der Waals surface area contributed by atoms with Crippen molar-refractivity contribution in [2.45, 2.75) is 19.1 Å². The van der Waals surface area contributed by atoms with E-state index in [0.717, 1.165) is 0 Å². The molecule has 96 valence electrons. The Labute approximate surface area is 100 Å². The molecule has 3 N–H and O–H groups in total. The Morgan fingerprint density at radius 2 is 2.00 bits per heavy atom. The fourth-order valence-electron chi connectivity index (χ4n) is 1.35. The predicted octanol–water partition coefficient (Wildman–Crippen LogP) is 0.480. The molecule has 0 bridgehead atoms. The summed E-state index contributed by atoms with van der Waals surface area (Å²) in [6.45, 7) is 1.22. The van der Waals surface area contributed by atoms with E-state index in [9.17, 15) is 10.2 Å². The summed E-state index contributed by atoms with van der Waals surface area (Å²) in [6.07, 6.45) is -1.62. The van der Waals surface area contributed by atoms with E-state index in [2.05, 4.69) is 0 Å². The minimum atomic E-state index is -0.942. The van der Waals surface area contributed by atoms with Crippen molar-refractivity contribution < 1.29 is 24.8 Å². The third-order valence-corrected chi connectivity index (χ3v) is 2.31. The summed E-state index contributed by atoms with van der Waals surface area (Å²) in [5, 5.41) is 27.5. The third kappa shape index (κ3) is 3.89. The maximum atomic E-state index is 9.56. The van der Waals surface area contributed by atoms with Gasteiger partial charge in [0.15, 0.2) is 0 Å². The van der Waals surface area contributed by atoms with Crippen LogP contribution in [0.25, 0.3) is 0 Å². The summed E-state index contributed by atoms with van der Waals surface area (Å²) >= 11 is 0. The maximum absolute atomic E-state index is 9.56. The van der Waals surface area contributed by atoms with Gasteiger partial charge in [-0.05, 0) is 19.1 Å². The first kappa shape index (κ1) is 13.8. The van der Waals surface area contributed by atoms with E-state index in [0.29, 0.717) is 17.1 Å². The van der Waals surface area contributed by atoms with Gasteiger partial charge >= 0.3 is 0 Å². The quantitative estimate of drug-likeness (QED) is 0.676. The van der Waals surface area contributed by atoms with E-state index < -0.39 is 12.2 Å². The molecule has 0 aromatic heterocycles. The number of aliphatic hydroxyl groups is 3. The lowest BCUT2D eigenvalue weighted by atomic mass is 10.1. The molecule has 0 saturated heterocycles. The van der Waals surface area contributed by atoms with Gasteiger partial charge in [-0.25, -0.2) is 0 Å². The number of hydrogen-bond donors (Lipinski definition) is 3. The van der Waals surface area contributed by atoms with Gasteiger partial charge in [0, 0.05) is 11.6 Å². The standard InChI is InChI=1S/C12H18O5/c1-8(14)11-4-3-10(16-2)5-12(11)17-7-9(15)6-13/h3-5,8-9,13-15H,6-7H2,1-2H3/t8-,9?/m0/s1. The summed E-state index contributed by atoms with van der Waals surface area (Å²) < 4.78 is 10.4. The van der Waals surface area contributed by atoms with Crippen LogP contribution in [0.4, 0.5) is 0 Å². The average Bonchev–Trinajstić information content (AvgIpc) is 2.35. The van der Waals surface area contributed by atoms with Crippen LogP contribution in [0.5, 0.6) is 11.5 Å². The molecule has 0 aliphatic heterocycles. The van der Waals surface area contributed by atoms with Crippen molar-refractivity contribution in [3.8, 4) is 11.5 Å². The predicted molar refractivity (Wildman–Crippen MR) is 62.2 cm³/mol. The number of rotatable bonds is 6. The Hall–Kier alpha value is -1.30. The summed E-state index contributed by atoms with van der Waals surface area (Å²) in [5.74, 6) is 1.04. The second-order valence-electron chi connectivity index (χ2n) is 3.73. The second-order valence-corrected chi connectivity index (χ2v) is 3.73. The Morgan fingerprint density at radius 3 is 2.53 bits per heavy atom. The molecule has 17 heavy (non-hydrogen) atoms. The van der Waals surface area contributed by atoms with Gasteiger partial charge in [-0.2, -0.15) is 0 Å². The molecule has 0 amide bonds. The summed E-state index contributed by atoms with van der Waals surface area (Å²) in [7, 11) is 1.53. The van der Waals surface area contributed by atoms with Gasteiger partial charge in [-0.1, -0.05) is 0 Å².